The third kappa shape index (κ3) is 65.1. The molecule has 874 valence electrons. The van der Waals surface area contributed by atoms with Gasteiger partial charge in [-0.25, -0.2) is 8.78 Å². The van der Waals surface area contributed by atoms with Gasteiger partial charge in [0, 0.05) is 237 Å². The molecule has 12 aliphatic rings. The van der Waals surface area contributed by atoms with E-state index in [1.165, 1.54) is 220 Å². The van der Waals surface area contributed by atoms with E-state index in [-0.39, 0.29) is 18.9 Å². The van der Waals surface area contributed by atoms with Crippen LogP contribution in [0, 0.1) is 16.2 Å². The summed E-state index contributed by atoms with van der Waals surface area (Å²) in [7, 11) is 0. The largest absolute Gasteiger partial charge is 0.481 e. The van der Waals surface area contributed by atoms with E-state index in [1.54, 1.807) is 6.92 Å². The highest BCUT2D eigenvalue weighted by molar-refractivity contribution is 5.75. The predicted molar refractivity (Wildman–Crippen MR) is 606 cm³/mol. The van der Waals surface area contributed by atoms with Gasteiger partial charge in [-0.05, 0) is 426 Å². The molecule has 8 atom stereocenters. The van der Waals surface area contributed by atoms with E-state index in [1.807, 2.05) is 13.8 Å². The monoisotopic (exact) mass is 2100 g/mol. The molecule has 0 amide bonds. The van der Waals surface area contributed by atoms with Crippen LogP contribution in [0.3, 0.4) is 0 Å². The summed E-state index contributed by atoms with van der Waals surface area (Å²) in [4.78, 5) is 52.5. The van der Waals surface area contributed by atoms with Gasteiger partial charge in [-0.2, -0.15) is 9.59 Å². The molecule has 147 heavy (non-hydrogen) atoms. The number of rotatable bonds is 52. The van der Waals surface area contributed by atoms with Crippen molar-refractivity contribution in [2.45, 2.75) is 540 Å². The van der Waals surface area contributed by atoms with Crippen molar-refractivity contribution in [2.75, 3.05) is 210 Å². The maximum atomic E-state index is 13.5. The second kappa shape index (κ2) is 79.8. The number of nitrogens with zero attached hydrogens (tertiary/aromatic N) is 10. The van der Waals surface area contributed by atoms with Crippen molar-refractivity contribution in [1.82, 2.24) is 49.0 Å². The quantitative estimate of drug-likeness (QED) is 0.0541. The summed E-state index contributed by atoms with van der Waals surface area (Å²) < 4.78 is 81.3. The van der Waals surface area contributed by atoms with Crippen molar-refractivity contribution in [3.05, 3.63) is 0 Å². The van der Waals surface area contributed by atoms with Gasteiger partial charge in [0.25, 0.3) is 0 Å². The second-order valence-electron chi connectivity index (χ2n) is 49.5. The Hall–Kier alpha value is -2.13. The number of aliphatic hydroxyl groups excluding tert-OH is 1. The Bertz CT molecular complexity index is 3040. The molecule has 2 saturated carbocycles. The summed E-state index contributed by atoms with van der Waals surface area (Å²) in [6, 6.07) is 6.27. The molecule has 2 N–H and O–H groups in total. The Morgan fingerprint density at radius 3 is 0.803 bits per heavy atom. The molecule has 0 radical (unpaired) electrons. The van der Waals surface area contributed by atoms with E-state index in [2.05, 4.69) is 243 Å². The van der Waals surface area contributed by atoms with Crippen LogP contribution in [0.25, 0.3) is 0 Å². The molecule has 12 fully saturated rings. The standard InChI is InChI=1S/C13H25NO4.C13H27NO.C12H22FNO.C12H24FNO.C12H23NO.2C12H25NO.3C11H23NO.CO2/c1-11(2)18-9-3-6-14-7-4-13(10-15,5-8-14)12(16)17;1-11(2)15-10-6-9-14-12(3)7-5-8-13(14)4;1-10(2)15-5-3-4-14-8-12(9-14)6-11(13)7-12;1-11(2)15-10-4-7-14-8-5-12(3,13)6-9-14;1-11(2)14-8-4-7-13-9-12(10-13)5-3-6-12;2*1-10(2)14-9-5-8-13-11(3)6-7-12(13)4;1-10(2)13-9-5-7-12-8-6-11(12,3)4;1-9(2)13-7-5-6-12-10(3)8-11(12)4;1-11(2)13-10-6-9-12-7-4-3-5-8-12;2-1-3/h11,15H,3-10H2,1-2H3,(H,16,17);11-13H,5-10H2,1-4H3;10-11H,3-9H2,1-2H3;11H,4-10H2,1-3H3;11H,3-10H2,1-2H3;2*10-12H,5-9H2,1-4H3;10H,5-9H2,1-4H3;9-11H,5-8H2,1-4H3;11H,3-10H2,1-2H3;/t;12-,13+;;;;11-,12+;11-,12-;;;;/m......1..../s1. The number of ether oxygens (including phenoxy) is 10. The average molecular weight is 2100 g/mol. The molecular weight excluding hydrogens is 1860 g/mol. The molecule has 10 heterocycles. The van der Waals surface area contributed by atoms with Gasteiger partial charge >= 0.3 is 12.1 Å². The van der Waals surface area contributed by atoms with Gasteiger partial charge in [-0.3, -0.25) is 29.3 Å². The first-order valence-corrected chi connectivity index (χ1v) is 60.2. The average Bonchev–Trinajstić information content (AvgIpc) is 0.958. The van der Waals surface area contributed by atoms with Gasteiger partial charge in [0.1, 0.15) is 11.8 Å². The minimum absolute atomic E-state index is 0.250. The van der Waals surface area contributed by atoms with Crippen molar-refractivity contribution in [1.29, 1.82) is 0 Å². The number of carbonyl (C=O) groups is 1. The molecule has 2 aliphatic carbocycles. The van der Waals surface area contributed by atoms with Gasteiger partial charge in [0.05, 0.1) is 73.1 Å². The lowest BCUT2D eigenvalue weighted by Gasteiger charge is -2.57. The third-order valence-corrected chi connectivity index (χ3v) is 31.6. The lowest BCUT2D eigenvalue weighted by atomic mass is 9.62. The molecule has 10 saturated heterocycles. The Morgan fingerprint density at radius 2 is 0.565 bits per heavy atom. The van der Waals surface area contributed by atoms with E-state index < -0.39 is 23.2 Å². The zero-order valence-electron chi connectivity index (χ0n) is 101. The number of aliphatic carboxylic acids is 1. The van der Waals surface area contributed by atoms with Crippen molar-refractivity contribution in [2.24, 2.45) is 16.2 Å². The van der Waals surface area contributed by atoms with Gasteiger partial charge in [-0.15, -0.1) is 0 Å². The molecule has 27 heteroatoms. The minimum Gasteiger partial charge on any atom is -0.481 e. The van der Waals surface area contributed by atoms with Gasteiger partial charge in [0.15, 0.2) is 0 Å². The molecule has 25 nitrogen and oxygen atoms in total. The van der Waals surface area contributed by atoms with Crippen LogP contribution >= 0.6 is 0 Å². The summed E-state index contributed by atoms with van der Waals surface area (Å²) in [5.74, 6) is -0.868. The van der Waals surface area contributed by atoms with Gasteiger partial charge < -0.3 is 82.1 Å². The molecule has 2 unspecified atom stereocenters. The number of hydrogen-bond donors (Lipinski definition) is 2. The highest BCUT2D eigenvalue weighted by Gasteiger charge is 2.52. The summed E-state index contributed by atoms with van der Waals surface area (Å²) in [5.41, 5.74) is -0.203. The maximum absolute atomic E-state index is 13.5. The zero-order valence-corrected chi connectivity index (χ0v) is 101. The number of alkyl halides is 2. The van der Waals surface area contributed by atoms with Crippen LogP contribution < -0.4 is 0 Å². The highest BCUT2D eigenvalue weighted by Crippen LogP contribution is 2.50. The lowest BCUT2D eigenvalue weighted by Crippen LogP contribution is -2.62. The van der Waals surface area contributed by atoms with Gasteiger partial charge in [-0.1, -0.05) is 19.3 Å². The van der Waals surface area contributed by atoms with Crippen LogP contribution in [0.5, 0.6) is 0 Å². The number of carboxylic acids is 1. The van der Waals surface area contributed by atoms with E-state index in [0.717, 1.165) is 211 Å². The third-order valence-electron chi connectivity index (χ3n) is 31.6. The Labute approximate surface area is 903 Å². The van der Waals surface area contributed by atoms with Crippen molar-refractivity contribution >= 4 is 12.1 Å². The lowest BCUT2D eigenvalue weighted by molar-refractivity contribution is -0.191. The SMILES string of the molecule is CC(C)OCCCN1C(C)CC1C.CC(C)OCCCN1CC2(CC(F)C2)C1.CC(C)OCCCN1CC2(CCC2)C1.CC(C)OCCCN1CCC(C)(F)CC1.CC(C)OCCCN1CCC(CO)(C(=O)O)CC1.CC(C)OCCCN1CCC1(C)C.CC(C)OCCCN1CCCCC1.CC(C)OCCCN1[C@H](C)CCC[C@@H]1C.CC(C)OCCCN1[C@H](C)CC[C@@H]1C.CC(C)OCCCN1[C@H](C)CC[C@H]1C.O=C=O. The molecular formula is C120H240F2N10O15. The molecule has 0 aromatic rings. The van der Waals surface area contributed by atoms with E-state index in [9.17, 15) is 18.7 Å². The molecule has 0 aromatic carbocycles. The molecule has 12 rings (SSSR count). The van der Waals surface area contributed by atoms with Crippen LogP contribution in [0.1, 0.15) is 414 Å². The predicted octanol–water partition coefficient (Wildman–Crippen LogP) is 22.8. The van der Waals surface area contributed by atoms with Crippen LogP contribution in [0.2, 0.25) is 0 Å². The first-order valence-electron chi connectivity index (χ1n) is 60.2. The summed E-state index contributed by atoms with van der Waals surface area (Å²) in [6.45, 7) is 99.0. The van der Waals surface area contributed by atoms with Crippen molar-refractivity contribution < 1.29 is 80.7 Å². The number of carboxylic acid groups (broad SMARTS) is 1. The first kappa shape index (κ1) is 141. The smallest absolute Gasteiger partial charge is 0.373 e. The van der Waals surface area contributed by atoms with Gasteiger partial charge in [0.2, 0.25) is 0 Å². The molecule has 10 aliphatic heterocycles. The zero-order chi connectivity index (χ0) is 110. The summed E-state index contributed by atoms with van der Waals surface area (Å²) in [6.07, 6.45) is 39.8. The Morgan fingerprint density at radius 1 is 0.313 bits per heavy atom. The number of aliphatic hydroxyl groups is 1. The van der Waals surface area contributed by atoms with E-state index >= 15 is 0 Å². The van der Waals surface area contributed by atoms with Crippen LogP contribution in [-0.4, -0.2) is 408 Å². The highest BCUT2D eigenvalue weighted by atomic mass is 19.1. The summed E-state index contributed by atoms with van der Waals surface area (Å²) >= 11 is 0. The van der Waals surface area contributed by atoms with Crippen LogP contribution in [-0.2, 0) is 61.8 Å². The normalized spacial score (nSPS) is 24.5. The number of piperidine rings is 4. The Kier molecular flexibility index (Phi) is 76.5. The van der Waals surface area contributed by atoms with Crippen LogP contribution in [0.15, 0.2) is 0 Å². The fourth-order valence-electron chi connectivity index (χ4n) is 22.1. The van der Waals surface area contributed by atoms with Crippen molar-refractivity contribution in [3.8, 4) is 0 Å². The molecule has 0 aromatic heterocycles. The number of likely N-dealkylation sites (tertiary alicyclic amines) is 10. The molecule has 2 spiro atoms. The fraction of sp³-hybridized carbons (Fsp3) is 0.983. The van der Waals surface area contributed by atoms with Crippen LogP contribution in [0.4, 0.5) is 8.78 Å². The number of carbonyl (C=O) groups excluding carboxylic acids is 2. The molecule has 0 bridgehead atoms. The van der Waals surface area contributed by atoms with E-state index in [4.69, 9.17) is 62.1 Å². The Balaban J connectivity index is 0.000000551. The number of hydrogen-bond acceptors (Lipinski definition) is 24. The topological polar surface area (TPSA) is 216 Å². The first-order chi connectivity index (χ1) is 69.5. The van der Waals surface area contributed by atoms with E-state index in [0.29, 0.717) is 91.6 Å². The fourth-order valence-corrected chi connectivity index (χ4v) is 22.1. The summed E-state index contributed by atoms with van der Waals surface area (Å²) in [5, 5.41) is 18.4. The minimum atomic E-state index is -0.926. The second-order valence-corrected chi connectivity index (χ2v) is 49.5. The number of halogens is 2. The maximum Gasteiger partial charge on any atom is 0.373 e. The van der Waals surface area contributed by atoms with Crippen molar-refractivity contribution in [3.63, 3.8) is 0 Å².